The fourth-order valence-electron chi connectivity index (χ4n) is 4.44. The fraction of sp³-hybridized carbons (Fsp3) is 0.391. The number of hydrogen-bond acceptors (Lipinski definition) is 4. The van der Waals surface area contributed by atoms with E-state index in [1.54, 1.807) is 18.0 Å². The van der Waals surface area contributed by atoms with E-state index < -0.39 is 0 Å². The zero-order valence-corrected chi connectivity index (χ0v) is 17.1. The smallest absolute Gasteiger partial charge is 0.197 e. The van der Waals surface area contributed by atoms with Crippen LogP contribution in [-0.4, -0.2) is 33.3 Å². The highest BCUT2D eigenvalue weighted by Gasteiger charge is 2.21. The Bertz CT molecular complexity index is 1170. The summed E-state index contributed by atoms with van der Waals surface area (Å²) in [5.74, 6) is 1.07. The number of hydrogen-bond donors (Lipinski definition) is 1. The van der Waals surface area contributed by atoms with E-state index in [1.165, 1.54) is 22.9 Å². The van der Waals surface area contributed by atoms with Crippen molar-refractivity contribution in [2.75, 3.05) is 13.7 Å². The number of nitrogens with one attached hydrogen (secondary N) is 1. The Morgan fingerprint density at radius 3 is 2.90 bits per heavy atom. The van der Waals surface area contributed by atoms with Crippen LogP contribution in [-0.2, 0) is 4.74 Å². The van der Waals surface area contributed by atoms with Crippen LogP contribution >= 0.6 is 0 Å². The van der Waals surface area contributed by atoms with Gasteiger partial charge in [0.05, 0.1) is 18.9 Å². The Morgan fingerprint density at radius 2 is 2.14 bits per heavy atom. The topological polar surface area (TPSA) is 64.4 Å². The van der Waals surface area contributed by atoms with Crippen LogP contribution in [0.4, 0.5) is 0 Å². The summed E-state index contributed by atoms with van der Waals surface area (Å²) in [6, 6.07) is 8.73. The molecule has 5 rings (SSSR count). The molecular formula is C23H26N4O2. The maximum atomic E-state index is 6.03. The average molecular weight is 390 g/mol. The van der Waals surface area contributed by atoms with Crippen LogP contribution in [0.3, 0.4) is 0 Å². The quantitative estimate of drug-likeness (QED) is 0.517. The zero-order chi connectivity index (χ0) is 20.0. The van der Waals surface area contributed by atoms with Crippen LogP contribution in [0.15, 0.2) is 36.8 Å². The number of fused-ring (bicyclic) bond motifs is 2. The molecule has 0 spiro atoms. The van der Waals surface area contributed by atoms with Gasteiger partial charge >= 0.3 is 0 Å². The van der Waals surface area contributed by atoms with E-state index in [1.807, 2.05) is 12.3 Å². The summed E-state index contributed by atoms with van der Waals surface area (Å²) < 4.78 is 13.4. The lowest BCUT2D eigenvalue weighted by molar-refractivity contribution is 0.0150. The molecule has 3 aromatic heterocycles. The number of methoxy groups -OCH3 is 1. The minimum Gasteiger partial charge on any atom is -0.493 e. The normalized spacial score (nSPS) is 17.4. The molecule has 29 heavy (non-hydrogen) atoms. The molecule has 1 N–H and O–H groups in total. The van der Waals surface area contributed by atoms with Crippen molar-refractivity contribution in [3.05, 3.63) is 47.9 Å². The molecular weight excluding hydrogens is 364 g/mol. The van der Waals surface area contributed by atoms with Gasteiger partial charge in [-0.25, -0.2) is 9.50 Å². The van der Waals surface area contributed by atoms with Crippen molar-refractivity contribution in [3.8, 4) is 17.0 Å². The first-order chi connectivity index (χ1) is 14.2. The Labute approximate surface area is 169 Å². The summed E-state index contributed by atoms with van der Waals surface area (Å²) >= 11 is 0. The predicted octanol–water partition coefficient (Wildman–Crippen LogP) is 5.25. The number of benzene rings is 1. The van der Waals surface area contributed by atoms with Gasteiger partial charge in [-0.05, 0) is 54.5 Å². The molecule has 1 aliphatic rings. The van der Waals surface area contributed by atoms with Crippen LogP contribution in [0, 0.1) is 0 Å². The van der Waals surface area contributed by atoms with Crippen molar-refractivity contribution >= 4 is 16.6 Å². The molecule has 0 radical (unpaired) electrons. The fourth-order valence-corrected chi connectivity index (χ4v) is 4.44. The first kappa shape index (κ1) is 18.2. The lowest BCUT2D eigenvalue weighted by Crippen LogP contribution is -2.11. The molecule has 4 heterocycles. The molecule has 1 aromatic carbocycles. The van der Waals surface area contributed by atoms with Gasteiger partial charge in [0.1, 0.15) is 6.33 Å². The van der Waals surface area contributed by atoms with Crippen molar-refractivity contribution in [1.82, 2.24) is 19.6 Å². The van der Waals surface area contributed by atoms with Crippen LogP contribution < -0.4 is 4.74 Å². The molecule has 1 saturated heterocycles. The molecule has 0 amide bonds. The standard InChI is InChI=1S/C23H26N4O2/c1-14(2)21-17-10-15(19-6-4-5-9-29-19)7-8-18(17)26-22(21)16-11-20(28-3)23-24-13-25-27(23)12-16/h7-8,10-14,19,26H,4-6,9H2,1-3H3. The van der Waals surface area contributed by atoms with E-state index in [9.17, 15) is 0 Å². The van der Waals surface area contributed by atoms with E-state index in [0.717, 1.165) is 41.9 Å². The van der Waals surface area contributed by atoms with E-state index in [2.05, 4.69) is 47.1 Å². The van der Waals surface area contributed by atoms with Gasteiger partial charge in [0.15, 0.2) is 11.4 Å². The van der Waals surface area contributed by atoms with Gasteiger partial charge < -0.3 is 14.5 Å². The lowest BCUT2D eigenvalue weighted by Gasteiger charge is -2.23. The van der Waals surface area contributed by atoms with Gasteiger partial charge in [0, 0.05) is 29.3 Å². The van der Waals surface area contributed by atoms with Crippen molar-refractivity contribution in [2.24, 2.45) is 0 Å². The Kier molecular flexibility index (Phi) is 4.51. The molecule has 1 atom stereocenters. The monoisotopic (exact) mass is 390 g/mol. The van der Waals surface area contributed by atoms with Gasteiger partial charge in [-0.2, -0.15) is 5.10 Å². The third kappa shape index (κ3) is 3.08. The van der Waals surface area contributed by atoms with Crippen LogP contribution in [0.2, 0.25) is 0 Å². The minimum absolute atomic E-state index is 0.207. The molecule has 150 valence electrons. The highest BCUT2D eigenvalue weighted by atomic mass is 16.5. The number of nitrogens with zero attached hydrogens (tertiary/aromatic N) is 3. The maximum absolute atomic E-state index is 6.03. The number of ether oxygens (including phenoxy) is 2. The molecule has 0 bridgehead atoms. The molecule has 1 aliphatic heterocycles. The first-order valence-electron chi connectivity index (χ1n) is 10.3. The average Bonchev–Trinajstić information content (AvgIpc) is 3.37. The largest absolute Gasteiger partial charge is 0.493 e. The van der Waals surface area contributed by atoms with Gasteiger partial charge in [0.25, 0.3) is 0 Å². The minimum atomic E-state index is 0.207. The van der Waals surface area contributed by atoms with Crippen LogP contribution in [0.5, 0.6) is 5.75 Å². The molecule has 4 aromatic rings. The number of aromatic nitrogens is 4. The summed E-state index contributed by atoms with van der Waals surface area (Å²) in [6.07, 6.45) is 7.25. The molecule has 1 fully saturated rings. The van der Waals surface area contributed by atoms with Crippen molar-refractivity contribution in [2.45, 2.75) is 45.1 Å². The molecule has 6 heteroatoms. The third-order valence-electron chi connectivity index (χ3n) is 5.84. The summed E-state index contributed by atoms with van der Waals surface area (Å²) in [4.78, 5) is 7.93. The third-order valence-corrected chi connectivity index (χ3v) is 5.84. The second-order valence-electron chi connectivity index (χ2n) is 8.05. The number of pyridine rings is 1. The lowest BCUT2D eigenvalue weighted by atomic mass is 9.94. The molecule has 0 aliphatic carbocycles. The Balaban J connectivity index is 1.68. The van der Waals surface area contributed by atoms with Crippen molar-refractivity contribution < 1.29 is 9.47 Å². The van der Waals surface area contributed by atoms with Crippen molar-refractivity contribution in [1.29, 1.82) is 0 Å². The van der Waals surface area contributed by atoms with Crippen LogP contribution in [0.25, 0.3) is 27.8 Å². The summed E-state index contributed by atoms with van der Waals surface area (Å²) in [5, 5.41) is 5.58. The van der Waals surface area contributed by atoms with E-state index in [4.69, 9.17) is 9.47 Å². The van der Waals surface area contributed by atoms with E-state index in [-0.39, 0.29) is 6.10 Å². The van der Waals surface area contributed by atoms with Gasteiger partial charge in [-0.15, -0.1) is 0 Å². The second-order valence-corrected chi connectivity index (χ2v) is 8.05. The predicted molar refractivity (Wildman–Crippen MR) is 113 cm³/mol. The zero-order valence-electron chi connectivity index (χ0n) is 17.1. The van der Waals surface area contributed by atoms with E-state index >= 15 is 0 Å². The van der Waals surface area contributed by atoms with Gasteiger partial charge in [0.2, 0.25) is 0 Å². The van der Waals surface area contributed by atoms with Crippen LogP contribution in [0.1, 0.15) is 56.3 Å². The molecule has 6 nitrogen and oxygen atoms in total. The number of rotatable bonds is 4. The molecule has 0 saturated carbocycles. The summed E-state index contributed by atoms with van der Waals surface area (Å²) in [6.45, 7) is 5.33. The number of aromatic amines is 1. The molecule has 1 unspecified atom stereocenters. The maximum Gasteiger partial charge on any atom is 0.197 e. The van der Waals surface area contributed by atoms with E-state index in [0.29, 0.717) is 11.7 Å². The van der Waals surface area contributed by atoms with Gasteiger partial charge in [-0.3, -0.25) is 0 Å². The first-order valence-corrected chi connectivity index (χ1v) is 10.3. The second kappa shape index (κ2) is 7.19. The Hall–Kier alpha value is -2.86. The summed E-state index contributed by atoms with van der Waals surface area (Å²) in [5.41, 5.74) is 6.58. The highest BCUT2D eigenvalue weighted by Crippen LogP contribution is 2.39. The van der Waals surface area contributed by atoms with Gasteiger partial charge in [-0.1, -0.05) is 19.9 Å². The number of H-pyrrole nitrogens is 1. The highest BCUT2D eigenvalue weighted by molar-refractivity contribution is 5.92. The SMILES string of the molecule is COc1cc(-c2[nH]c3ccc(C4CCCCO4)cc3c2C(C)C)cn2ncnc12. The summed E-state index contributed by atoms with van der Waals surface area (Å²) in [7, 11) is 1.67. The van der Waals surface area contributed by atoms with Crippen molar-refractivity contribution in [3.63, 3.8) is 0 Å². The Morgan fingerprint density at radius 1 is 1.24 bits per heavy atom.